The molecule has 5 nitrogen and oxygen atoms in total. The van der Waals surface area contributed by atoms with E-state index < -0.39 is 4.92 Å². The van der Waals surface area contributed by atoms with Crippen molar-refractivity contribution in [1.82, 2.24) is 9.97 Å². The zero-order chi connectivity index (χ0) is 11.4. The SMILES string of the molecule is O=[N+]([O-])c1cnc(Cc2ccccc2)nc1. The summed E-state index contributed by atoms with van der Waals surface area (Å²) in [7, 11) is 0. The molecule has 0 radical (unpaired) electrons. The number of hydrogen-bond acceptors (Lipinski definition) is 4. The zero-order valence-corrected chi connectivity index (χ0v) is 8.41. The van der Waals surface area contributed by atoms with Gasteiger partial charge in [-0.15, -0.1) is 0 Å². The average molecular weight is 215 g/mol. The van der Waals surface area contributed by atoms with E-state index in [-0.39, 0.29) is 5.69 Å². The molecule has 0 fully saturated rings. The van der Waals surface area contributed by atoms with Gasteiger partial charge >= 0.3 is 5.69 Å². The van der Waals surface area contributed by atoms with E-state index in [9.17, 15) is 10.1 Å². The van der Waals surface area contributed by atoms with Gasteiger partial charge in [0.25, 0.3) is 0 Å². The van der Waals surface area contributed by atoms with Crippen molar-refractivity contribution in [3.8, 4) is 0 Å². The number of benzene rings is 1. The molecule has 0 aliphatic heterocycles. The lowest BCUT2D eigenvalue weighted by Crippen LogP contribution is -1.98. The Morgan fingerprint density at radius 3 is 2.31 bits per heavy atom. The first-order valence-electron chi connectivity index (χ1n) is 4.75. The van der Waals surface area contributed by atoms with Crippen molar-refractivity contribution in [3.63, 3.8) is 0 Å². The maximum Gasteiger partial charge on any atom is 0.305 e. The van der Waals surface area contributed by atoms with Gasteiger partial charge in [-0.1, -0.05) is 30.3 Å². The predicted octanol–water partition coefficient (Wildman–Crippen LogP) is 1.98. The van der Waals surface area contributed by atoms with Crippen molar-refractivity contribution in [3.05, 3.63) is 64.2 Å². The minimum Gasteiger partial charge on any atom is -0.258 e. The van der Waals surface area contributed by atoms with Crippen LogP contribution in [0.15, 0.2) is 42.7 Å². The molecule has 0 bridgehead atoms. The van der Waals surface area contributed by atoms with Gasteiger partial charge in [-0.05, 0) is 5.56 Å². The van der Waals surface area contributed by atoms with Gasteiger partial charge in [0.1, 0.15) is 18.2 Å². The second kappa shape index (κ2) is 4.48. The van der Waals surface area contributed by atoms with Crippen molar-refractivity contribution in [1.29, 1.82) is 0 Å². The highest BCUT2D eigenvalue weighted by Gasteiger charge is 2.06. The Morgan fingerprint density at radius 2 is 1.75 bits per heavy atom. The van der Waals surface area contributed by atoms with Crippen molar-refractivity contribution in [2.45, 2.75) is 6.42 Å². The van der Waals surface area contributed by atoms with Crippen LogP contribution >= 0.6 is 0 Å². The highest BCUT2D eigenvalue weighted by molar-refractivity contribution is 5.23. The molecule has 0 spiro atoms. The van der Waals surface area contributed by atoms with Crippen molar-refractivity contribution >= 4 is 5.69 Å². The van der Waals surface area contributed by atoms with Crippen LogP contribution in [0.4, 0.5) is 5.69 Å². The molecule has 80 valence electrons. The van der Waals surface area contributed by atoms with E-state index in [4.69, 9.17) is 0 Å². The Morgan fingerprint density at radius 1 is 1.12 bits per heavy atom. The Balaban J connectivity index is 2.14. The Labute approximate surface area is 91.9 Å². The monoisotopic (exact) mass is 215 g/mol. The summed E-state index contributed by atoms with van der Waals surface area (Å²) < 4.78 is 0. The summed E-state index contributed by atoms with van der Waals surface area (Å²) in [5.74, 6) is 0.580. The first-order chi connectivity index (χ1) is 7.75. The summed E-state index contributed by atoms with van der Waals surface area (Å²) in [5.41, 5.74) is 0.994. The van der Waals surface area contributed by atoms with Gasteiger partial charge in [-0.3, -0.25) is 10.1 Å². The van der Waals surface area contributed by atoms with Crippen molar-refractivity contribution in [2.24, 2.45) is 0 Å². The zero-order valence-electron chi connectivity index (χ0n) is 8.41. The molecular formula is C11H9N3O2. The van der Waals surface area contributed by atoms with Gasteiger partial charge < -0.3 is 0 Å². The molecule has 1 heterocycles. The Hall–Kier alpha value is -2.30. The highest BCUT2D eigenvalue weighted by atomic mass is 16.6. The lowest BCUT2D eigenvalue weighted by molar-refractivity contribution is -0.385. The molecule has 0 aliphatic rings. The topological polar surface area (TPSA) is 68.9 Å². The van der Waals surface area contributed by atoms with Crippen molar-refractivity contribution in [2.75, 3.05) is 0 Å². The molecule has 1 aromatic carbocycles. The molecule has 2 rings (SSSR count). The van der Waals surface area contributed by atoms with Crippen LogP contribution in [-0.2, 0) is 6.42 Å². The molecule has 0 saturated heterocycles. The Kier molecular flexibility index (Phi) is 2.86. The average Bonchev–Trinajstić information content (AvgIpc) is 2.31. The van der Waals surface area contributed by atoms with Crippen LogP contribution in [0, 0.1) is 10.1 Å². The van der Waals surface area contributed by atoms with Crippen LogP contribution < -0.4 is 0 Å². The number of nitrogens with zero attached hydrogens (tertiary/aromatic N) is 3. The lowest BCUT2D eigenvalue weighted by atomic mass is 10.1. The molecular weight excluding hydrogens is 206 g/mol. The standard InChI is InChI=1S/C11H9N3O2/c15-14(16)10-7-12-11(13-8-10)6-9-4-2-1-3-5-9/h1-5,7-8H,6H2. The fourth-order valence-corrected chi connectivity index (χ4v) is 1.31. The Bertz CT molecular complexity index is 482. The molecule has 0 atom stereocenters. The number of aromatic nitrogens is 2. The molecule has 0 saturated carbocycles. The van der Waals surface area contributed by atoms with E-state index in [0.29, 0.717) is 12.2 Å². The third-order valence-corrected chi connectivity index (χ3v) is 2.11. The van der Waals surface area contributed by atoms with Crippen LogP contribution in [0.1, 0.15) is 11.4 Å². The summed E-state index contributed by atoms with van der Waals surface area (Å²) >= 11 is 0. The summed E-state index contributed by atoms with van der Waals surface area (Å²) in [5, 5.41) is 10.4. The molecule has 0 N–H and O–H groups in total. The van der Waals surface area contributed by atoms with E-state index >= 15 is 0 Å². The van der Waals surface area contributed by atoms with Crippen LogP contribution in [-0.4, -0.2) is 14.9 Å². The normalized spacial score (nSPS) is 10.0. The van der Waals surface area contributed by atoms with E-state index in [1.54, 1.807) is 0 Å². The molecule has 5 heteroatoms. The van der Waals surface area contributed by atoms with Gasteiger partial charge in [-0.2, -0.15) is 0 Å². The predicted molar refractivity (Wildman–Crippen MR) is 57.9 cm³/mol. The summed E-state index contributed by atoms with van der Waals surface area (Å²) in [4.78, 5) is 17.8. The van der Waals surface area contributed by atoms with E-state index in [2.05, 4.69) is 9.97 Å². The van der Waals surface area contributed by atoms with Gasteiger partial charge in [0.05, 0.1) is 4.92 Å². The second-order valence-corrected chi connectivity index (χ2v) is 3.28. The summed E-state index contributed by atoms with van der Waals surface area (Å²) in [6, 6.07) is 9.72. The van der Waals surface area contributed by atoms with Gasteiger partial charge in [0, 0.05) is 6.42 Å². The van der Waals surface area contributed by atoms with Crippen LogP contribution in [0.3, 0.4) is 0 Å². The fourth-order valence-electron chi connectivity index (χ4n) is 1.31. The maximum atomic E-state index is 10.4. The van der Waals surface area contributed by atoms with Crippen molar-refractivity contribution < 1.29 is 4.92 Å². The molecule has 0 aliphatic carbocycles. The summed E-state index contributed by atoms with van der Waals surface area (Å²) in [6.45, 7) is 0. The van der Waals surface area contributed by atoms with E-state index in [1.807, 2.05) is 30.3 Å². The molecule has 1 aromatic heterocycles. The van der Waals surface area contributed by atoms with Crippen LogP contribution in [0.2, 0.25) is 0 Å². The minimum atomic E-state index is -0.508. The fraction of sp³-hybridized carbons (Fsp3) is 0.0909. The summed E-state index contributed by atoms with van der Waals surface area (Å²) in [6.07, 6.45) is 3.04. The van der Waals surface area contributed by atoms with E-state index in [1.165, 1.54) is 12.4 Å². The smallest absolute Gasteiger partial charge is 0.258 e. The highest BCUT2D eigenvalue weighted by Crippen LogP contribution is 2.09. The second-order valence-electron chi connectivity index (χ2n) is 3.28. The molecule has 0 amide bonds. The third kappa shape index (κ3) is 2.38. The number of hydrogen-bond donors (Lipinski definition) is 0. The maximum absolute atomic E-state index is 10.4. The quantitative estimate of drug-likeness (QED) is 0.579. The van der Waals surface area contributed by atoms with Gasteiger partial charge in [-0.25, -0.2) is 9.97 Å². The molecule has 0 unspecified atom stereocenters. The van der Waals surface area contributed by atoms with Crippen LogP contribution in [0.5, 0.6) is 0 Å². The van der Waals surface area contributed by atoms with Crippen LogP contribution in [0.25, 0.3) is 0 Å². The first-order valence-corrected chi connectivity index (χ1v) is 4.75. The number of nitro groups is 1. The number of rotatable bonds is 3. The van der Waals surface area contributed by atoms with Gasteiger partial charge in [0.2, 0.25) is 0 Å². The lowest BCUT2D eigenvalue weighted by Gasteiger charge is -1.99. The van der Waals surface area contributed by atoms with Gasteiger partial charge in [0.15, 0.2) is 0 Å². The van der Waals surface area contributed by atoms with E-state index in [0.717, 1.165) is 5.56 Å². The largest absolute Gasteiger partial charge is 0.305 e. The third-order valence-electron chi connectivity index (χ3n) is 2.11. The first kappa shape index (κ1) is 10.2. The molecule has 2 aromatic rings. The molecule has 16 heavy (non-hydrogen) atoms. The minimum absolute atomic E-state index is 0.0863.